The molecular weight excluding hydrogens is 318 g/mol. The lowest BCUT2D eigenvalue weighted by atomic mass is 10.1. The fraction of sp³-hybridized carbons (Fsp3) is 0.632. The first-order valence-corrected chi connectivity index (χ1v) is 9.91. The van der Waals surface area contributed by atoms with E-state index in [4.69, 9.17) is 4.74 Å². The van der Waals surface area contributed by atoms with E-state index in [1.54, 1.807) is 0 Å². The van der Waals surface area contributed by atoms with Gasteiger partial charge in [0.25, 0.3) is 0 Å². The van der Waals surface area contributed by atoms with Crippen LogP contribution in [-0.2, 0) is 11.3 Å². The Bertz CT molecular complexity index is 487. The first kappa shape index (κ1) is 19.1. The third kappa shape index (κ3) is 7.14. The van der Waals surface area contributed by atoms with Gasteiger partial charge in [-0.05, 0) is 43.9 Å². The van der Waals surface area contributed by atoms with Gasteiger partial charge in [-0.1, -0.05) is 30.3 Å². The Labute approximate surface area is 150 Å². The molecule has 4 nitrogen and oxygen atoms in total. The molecule has 5 heteroatoms. The van der Waals surface area contributed by atoms with Crippen LogP contribution < -0.4 is 10.6 Å². The molecule has 24 heavy (non-hydrogen) atoms. The lowest BCUT2D eigenvalue weighted by Gasteiger charge is -2.24. The van der Waals surface area contributed by atoms with Crippen molar-refractivity contribution in [1.29, 1.82) is 0 Å². The highest BCUT2D eigenvalue weighted by Crippen LogP contribution is 2.36. The zero-order valence-corrected chi connectivity index (χ0v) is 15.8. The van der Waals surface area contributed by atoms with Crippen molar-refractivity contribution < 1.29 is 4.74 Å². The Morgan fingerprint density at radius 3 is 2.79 bits per heavy atom. The lowest BCUT2D eigenvalue weighted by molar-refractivity contribution is 0.117. The van der Waals surface area contributed by atoms with Crippen molar-refractivity contribution in [3.05, 3.63) is 35.9 Å². The summed E-state index contributed by atoms with van der Waals surface area (Å²) in [5.74, 6) is 2.20. The van der Waals surface area contributed by atoms with E-state index in [9.17, 15) is 0 Å². The predicted octanol–water partition coefficient (Wildman–Crippen LogP) is 3.43. The van der Waals surface area contributed by atoms with Crippen molar-refractivity contribution in [3.8, 4) is 0 Å². The maximum absolute atomic E-state index is 5.70. The first-order valence-electron chi connectivity index (χ1n) is 8.92. The van der Waals surface area contributed by atoms with E-state index in [0.717, 1.165) is 38.5 Å². The van der Waals surface area contributed by atoms with Gasteiger partial charge in [0.2, 0.25) is 0 Å². The fourth-order valence-corrected chi connectivity index (χ4v) is 4.01. The van der Waals surface area contributed by atoms with Crippen molar-refractivity contribution in [3.63, 3.8) is 0 Å². The van der Waals surface area contributed by atoms with Crippen LogP contribution in [-0.4, -0.2) is 43.2 Å². The second-order valence-electron chi connectivity index (χ2n) is 6.50. The standard InChI is InChI=1S/C19H31N3OS/c1-19(11-8-14-24-19)16-22-18(20-2)21-12-6-7-13-23-15-17-9-4-3-5-10-17/h3-5,9-10H,6-8,11-16H2,1-2H3,(H2,20,21,22). The number of guanidine groups is 1. The summed E-state index contributed by atoms with van der Waals surface area (Å²) < 4.78 is 6.07. The van der Waals surface area contributed by atoms with Gasteiger partial charge in [0.05, 0.1) is 6.61 Å². The minimum atomic E-state index is 0.364. The predicted molar refractivity (Wildman–Crippen MR) is 105 cm³/mol. The fourth-order valence-electron chi connectivity index (χ4n) is 2.77. The van der Waals surface area contributed by atoms with Crippen LogP contribution in [0.15, 0.2) is 35.3 Å². The largest absolute Gasteiger partial charge is 0.377 e. The molecule has 1 atom stereocenters. The van der Waals surface area contributed by atoms with Crippen LogP contribution in [0.3, 0.4) is 0 Å². The molecule has 1 unspecified atom stereocenters. The topological polar surface area (TPSA) is 45.7 Å². The van der Waals surface area contributed by atoms with E-state index < -0.39 is 0 Å². The van der Waals surface area contributed by atoms with Gasteiger partial charge in [-0.25, -0.2) is 0 Å². The second kappa shape index (κ2) is 10.6. The minimum Gasteiger partial charge on any atom is -0.377 e. The van der Waals surface area contributed by atoms with Crippen molar-refractivity contribution in [2.45, 2.75) is 44.0 Å². The Hall–Kier alpha value is -1.20. The van der Waals surface area contributed by atoms with Crippen LogP contribution in [0.2, 0.25) is 0 Å². The molecule has 1 aliphatic heterocycles. The molecule has 2 rings (SSSR count). The van der Waals surface area contributed by atoms with E-state index in [2.05, 4.69) is 46.4 Å². The zero-order chi connectivity index (χ0) is 17.1. The number of nitrogens with zero attached hydrogens (tertiary/aromatic N) is 1. The molecular formula is C19H31N3OS. The van der Waals surface area contributed by atoms with Crippen molar-refractivity contribution >= 4 is 17.7 Å². The summed E-state index contributed by atoms with van der Waals surface area (Å²) in [6.07, 6.45) is 4.77. The second-order valence-corrected chi connectivity index (χ2v) is 8.18. The van der Waals surface area contributed by atoms with Crippen molar-refractivity contribution in [1.82, 2.24) is 10.6 Å². The number of aliphatic imine (C=N–C) groups is 1. The zero-order valence-electron chi connectivity index (χ0n) is 15.0. The molecule has 0 spiro atoms. The average Bonchev–Trinajstić information content (AvgIpc) is 3.04. The first-order chi connectivity index (χ1) is 11.7. The Kier molecular flexibility index (Phi) is 8.47. The molecule has 0 saturated carbocycles. The van der Waals surface area contributed by atoms with Gasteiger partial charge >= 0.3 is 0 Å². The molecule has 0 aromatic heterocycles. The number of ether oxygens (including phenoxy) is 1. The van der Waals surface area contributed by atoms with Gasteiger partial charge < -0.3 is 15.4 Å². The van der Waals surface area contributed by atoms with E-state index >= 15 is 0 Å². The van der Waals surface area contributed by atoms with Crippen LogP contribution in [0.4, 0.5) is 0 Å². The van der Waals surface area contributed by atoms with Gasteiger partial charge in [-0.2, -0.15) is 11.8 Å². The Morgan fingerprint density at radius 2 is 2.08 bits per heavy atom. The summed E-state index contributed by atoms with van der Waals surface area (Å²) >= 11 is 2.07. The number of thioether (sulfide) groups is 1. The lowest BCUT2D eigenvalue weighted by Crippen LogP contribution is -2.43. The van der Waals surface area contributed by atoms with E-state index in [0.29, 0.717) is 11.4 Å². The highest BCUT2D eigenvalue weighted by molar-refractivity contribution is 8.00. The van der Waals surface area contributed by atoms with Crippen LogP contribution in [0.5, 0.6) is 0 Å². The minimum absolute atomic E-state index is 0.364. The molecule has 1 saturated heterocycles. The summed E-state index contributed by atoms with van der Waals surface area (Å²) in [5.41, 5.74) is 1.23. The average molecular weight is 350 g/mol. The number of benzene rings is 1. The van der Waals surface area contributed by atoms with Crippen LogP contribution >= 0.6 is 11.8 Å². The molecule has 2 N–H and O–H groups in total. The van der Waals surface area contributed by atoms with Gasteiger partial charge in [-0.3, -0.25) is 4.99 Å². The number of rotatable bonds is 9. The molecule has 0 aliphatic carbocycles. The number of hydrogen-bond donors (Lipinski definition) is 2. The number of unbranched alkanes of at least 4 members (excludes halogenated alkanes) is 1. The van der Waals surface area contributed by atoms with Crippen LogP contribution in [0.1, 0.15) is 38.2 Å². The smallest absolute Gasteiger partial charge is 0.191 e. The molecule has 0 bridgehead atoms. The third-order valence-corrected chi connectivity index (χ3v) is 5.81. The van der Waals surface area contributed by atoms with Gasteiger partial charge in [-0.15, -0.1) is 0 Å². The van der Waals surface area contributed by atoms with Gasteiger partial charge in [0.1, 0.15) is 0 Å². The van der Waals surface area contributed by atoms with E-state index in [-0.39, 0.29) is 0 Å². The van der Waals surface area contributed by atoms with Gasteiger partial charge in [0, 0.05) is 31.5 Å². The van der Waals surface area contributed by atoms with Crippen molar-refractivity contribution in [2.24, 2.45) is 4.99 Å². The highest BCUT2D eigenvalue weighted by Gasteiger charge is 2.29. The molecule has 1 aliphatic rings. The van der Waals surface area contributed by atoms with Crippen LogP contribution in [0, 0.1) is 0 Å². The van der Waals surface area contributed by atoms with Crippen LogP contribution in [0.25, 0.3) is 0 Å². The Morgan fingerprint density at radius 1 is 1.25 bits per heavy atom. The quantitative estimate of drug-likeness (QED) is 0.407. The summed E-state index contributed by atoms with van der Waals surface area (Å²) in [4.78, 5) is 4.31. The molecule has 1 aromatic carbocycles. The molecule has 1 fully saturated rings. The van der Waals surface area contributed by atoms with Gasteiger partial charge in [0.15, 0.2) is 5.96 Å². The molecule has 0 amide bonds. The maximum Gasteiger partial charge on any atom is 0.191 e. The summed E-state index contributed by atoms with van der Waals surface area (Å²) in [6.45, 7) is 5.76. The highest BCUT2D eigenvalue weighted by atomic mass is 32.2. The molecule has 1 heterocycles. The summed E-state index contributed by atoms with van der Waals surface area (Å²) in [7, 11) is 1.84. The number of hydrogen-bond acceptors (Lipinski definition) is 3. The SMILES string of the molecule is CN=C(NCCCCOCc1ccccc1)NCC1(C)CCCS1. The van der Waals surface area contributed by atoms with E-state index in [1.165, 1.54) is 24.2 Å². The molecule has 134 valence electrons. The van der Waals surface area contributed by atoms with Crippen molar-refractivity contribution in [2.75, 3.05) is 32.5 Å². The summed E-state index contributed by atoms with van der Waals surface area (Å²) in [6, 6.07) is 10.3. The third-order valence-electron chi connectivity index (χ3n) is 4.27. The molecule has 0 radical (unpaired) electrons. The summed E-state index contributed by atoms with van der Waals surface area (Å²) in [5, 5.41) is 6.86. The number of nitrogens with one attached hydrogen (secondary N) is 2. The monoisotopic (exact) mass is 349 g/mol. The van der Waals surface area contributed by atoms with E-state index in [1.807, 2.05) is 25.2 Å². The normalized spacial score (nSPS) is 21.0. The maximum atomic E-state index is 5.70. The Balaban J connectivity index is 1.49. The molecule has 1 aromatic rings.